The highest BCUT2D eigenvalue weighted by molar-refractivity contribution is 5.57. The largest absolute Gasteiger partial charge is 0.507 e. The number of phenols is 2. The van der Waals surface area contributed by atoms with Crippen molar-refractivity contribution in [2.75, 3.05) is 0 Å². The van der Waals surface area contributed by atoms with Gasteiger partial charge in [0.15, 0.2) is 0 Å². The molecule has 0 unspecified atom stereocenters. The molecule has 0 bridgehead atoms. The van der Waals surface area contributed by atoms with Crippen molar-refractivity contribution in [1.29, 1.82) is 0 Å². The highest BCUT2D eigenvalue weighted by Gasteiger charge is 2.33. The van der Waals surface area contributed by atoms with E-state index in [0.717, 1.165) is 38.9 Å². The van der Waals surface area contributed by atoms with Gasteiger partial charge in [-0.1, -0.05) is 66.7 Å². The molecule has 154 valence electrons. The van der Waals surface area contributed by atoms with E-state index in [4.69, 9.17) is 0 Å². The fraction of sp³-hybridized carbons (Fsp3) is 0.214. The minimum Gasteiger partial charge on any atom is -0.507 e. The number of allylic oxidation sites excluding steroid dienone is 2. The Balaban J connectivity index is 2.35. The third kappa shape index (κ3) is 3.78. The molecule has 0 saturated carbocycles. The van der Waals surface area contributed by atoms with Crippen LogP contribution in [0.15, 0.2) is 79.9 Å². The Hall–Kier alpha value is -3.26. The van der Waals surface area contributed by atoms with Crippen LogP contribution < -0.4 is 0 Å². The Morgan fingerprint density at radius 3 is 1.57 bits per heavy atom. The van der Waals surface area contributed by atoms with Crippen LogP contribution in [0, 0.1) is 13.8 Å². The van der Waals surface area contributed by atoms with Crippen molar-refractivity contribution in [3.63, 3.8) is 0 Å². The molecule has 3 aromatic carbocycles. The van der Waals surface area contributed by atoms with E-state index in [1.807, 2.05) is 44.2 Å². The summed E-state index contributed by atoms with van der Waals surface area (Å²) >= 11 is 0. The van der Waals surface area contributed by atoms with Crippen LogP contribution in [-0.2, 0) is 18.3 Å². The summed E-state index contributed by atoms with van der Waals surface area (Å²) in [6, 6.07) is 18.6. The molecule has 0 aliphatic rings. The van der Waals surface area contributed by atoms with Crippen LogP contribution in [-0.4, -0.2) is 10.2 Å². The SMILES string of the molecule is C=CCc1cc(C(C)(c2ccccc2)c2cc(C)c(O)c(CC=C)c2)cc(C)c1O. The molecule has 2 nitrogen and oxygen atoms in total. The first-order valence-corrected chi connectivity index (χ1v) is 10.3. The Labute approximate surface area is 179 Å². The lowest BCUT2D eigenvalue weighted by molar-refractivity contribution is 0.464. The zero-order chi connectivity index (χ0) is 21.9. The molecular weight excluding hydrogens is 368 g/mol. The van der Waals surface area contributed by atoms with Gasteiger partial charge < -0.3 is 10.2 Å². The summed E-state index contributed by atoms with van der Waals surface area (Å²) in [6.07, 6.45) is 4.82. The van der Waals surface area contributed by atoms with Gasteiger partial charge in [-0.3, -0.25) is 0 Å². The molecule has 0 aliphatic carbocycles. The average Bonchev–Trinajstić information content (AvgIpc) is 2.74. The first-order valence-electron chi connectivity index (χ1n) is 10.3. The lowest BCUT2D eigenvalue weighted by Crippen LogP contribution is -2.26. The molecule has 0 heterocycles. The molecule has 0 saturated heterocycles. The molecule has 0 spiro atoms. The number of aryl methyl sites for hydroxylation is 2. The molecule has 2 N–H and O–H groups in total. The van der Waals surface area contributed by atoms with Crippen molar-refractivity contribution in [1.82, 2.24) is 0 Å². The van der Waals surface area contributed by atoms with E-state index in [9.17, 15) is 10.2 Å². The van der Waals surface area contributed by atoms with E-state index in [0.29, 0.717) is 24.3 Å². The monoisotopic (exact) mass is 398 g/mol. The Kier molecular flexibility index (Phi) is 6.17. The Bertz CT molecular complexity index is 1010. The lowest BCUT2D eigenvalue weighted by Gasteiger charge is -2.33. The van der Waals surface area contributed by atoms with E-state index in [1.165, 1.54) is 0 Å². The van der Waals surface area contributed by atoms with Gasteiger partial charge in [-0.2, -0.15) is 0 Å². The van der Waals surface area contributed by atoms with Gasteiger partial charge >= 0.3 is 0 Å². The van der Waals surface area contributed by atoms with E-state index in [1.54, 1.807) is 0 Å². The van der Waals surface area contributed by atoms with Gasteiger partial charge in [0, 0.05) is 5.41 Å². The maximum Gasteiger partial charge on any atom is 0.122 e. The third-order valence-electron chi connectivity index (χ3n) is 5.99. The highest BCUT2D eigenvalue weighted by atomic mass is 16.3. The number of aromatic hydroxyl groups is 2. The number of phenolic OH excluding ortho intramolecular Hbond substituents is 2. The van der Waals surface area contributed by atoms with Gasteiger partial charge in [-0.25, -0.2) is 0 Å². The van der Waals surface area contributed by atoms with Gasteiger partial charge in [0.25, 0.3) is 0 Å². The van der Waals surface area contributed by atoms with Crippen molar-refractivity contribution in [3.8, 4) is 11.5 Å². The van der Waals surface area contributed by atoms with E-state index < -0.39 is 5.41 Å². The molecule has 0 radical (unpaired) electrons. The lowest BCUT2D eigenvalue weighted by atomic mass is 9.69. The smallest absolute Gasteiger partial charge is 0.122 e. The van der Waals surface area contributed by atoms with Crippen molar-refractivity contribution in [2.45, 2.75) is 39.0 Å². The van der Waals surface area contributed by atoms with Crippen LogP contribution in [0.5, 0.6) is 11.5 Å². The number of hydrogen-bond acceptors (Lipinski definition) is 2. The van der Waals surface area contributed by atoms with E-state index in [2.05, 4.69) is 56.5 Å². The normalized spacial score (nSPS) is 11.3. The zero-order valence-corrected chi connectivity index (χ0v) is 18.1. The van der Waals surface area contributed by atoms with Crippen molar-refractivity contribution in [2.24, 2.45) is 0 Å². The molecule has 2 heteroatoms. The molecule has 30 heavy (non-hydrogen) atoms. The number of rotatable bonds is 7. The minimum absolute atomic E-state index is 0.322. The van der Waals surface area contributed by atoms with Crippen LogP contribution in [0.2, 0.25) is 0 Å². The maximum absolute atomic E-state index is 10.6. The van der Waals surface area contributed by atoms with Crippen LogP contribution in [0.25, 0.3) is 0 Å². The van der Waals surface area contributed by atoms with E-state index >= 15 is 0 Å². The fourth-order valence-electron chi connectivity index (χ4n) is 4.18. The van der Waals surface area contributed by atoms with Crippen LogP contribution in [0.3, 0.4) is 0 Å². The summed E-state index contributed by atoms with van der Waals surface area (Å²) in [6.45, 7) is 13.7. The van der Waals surface area contributed by atoms with Gasteiger partial charge in [0.2, 0.25) is 0 Å². The first kappa shape index (κ1) is 21.4. The second-order valence-corrected chi connectivity index (χ2v) is 8.08. The standard InChI is InChI=1S/C28H30O2/c1-6-11-21-17-24(15-19(3)26(21)29)28(5,23-13-9-8-10-14-23)25-16-20(4)27(30)22(18-25)12-7-2/h6-10,13-18,29-30H,1-2,11-12H2,3-5H3. The summed E-state index contributed by atoms with van der Waals surface area (Å²) in [5.74, 6) is 0.645. The molecule has 0 fully saturated rings. The van der Waals surface area contributed by atoms with Gasteiger partial charge in [0.1, 0.15) is 11.5 Å². The average molecular weight is 399 g/mol. The predicted molar refractivity (Wildman–Crippen MR) is 125 cm³/mol. The van der Waals surface area contributed by atoms with Gasteiger partial charge in [-0.05, 0) is 72.6 Å². The molecular formula is C28H30O2. The van der Waals surface area contributed by atoms with Crippen LogP contribution in [0.1, 0.15) is 45.9 Å². The van der Waals surface area contributed by atoms with Crippen LogP contribution in [0.4, 0.5) is 0 Å². The van der Waals surface area contributed by atoms with Crippen LogP contribution >= 0.6 is 0 Å². The minimum atomic E-state index is -0.468. The maximum atomic E-state index is 10.6. The molecule has 0 atom stereocenters. The number of benzene rings is 3. The van der Waals surface area contributed by atoms with Crippen molar-refractivity contribution >= 4 is 0 Å². The molecule has 0 amide bonds. The molecule has 0 aliphatic heterocycles. The second kappa shape index (κ2) is 8.62. The molecule has 3 aromatic rings. The second-order valence-electron chi connectivity index (χ2n) is 8.08. The van der Waals surface area contributed by atoms with E-state index in [-0.39, 0.29) is 0 Å². The quantitative estimate of drug-likeness (QED) is 0.351. The zero-order valence-electron chi connectivity index (χ0n) is 18.1. The third-order valence-corrected chi connectivity index (χ3v) is 5.99. The first-order chi connectivity index (χ1) is 14.3. The summed E-state index contributed by atoms with van der Waals surface area (Å²) < 4.78 is 0. The fourth-order valence-corrected chi connectivity index (χ4v) is 4.18. The predicted octanol–water partition coefficient (Wildman–Crippen LogP) is 6.53. The summed E-state index contributed by atoms with van der Waals surface area (Å²) in [5.41, 5.74) is 6.28. The van der Waals surface area contributed by atoms with Crippen molar-refractivity contribution in [3.05, 3.63) is 119 Å². The Morgan fingerprint density at radius 1 is 0.733 bits per heavy atom. The topological polar surface area (TPSA) is 40.5 Å². The summed E-state index contributed by atoms with van der Waals surface area (Å²) in [7, 11) is 0. The highest BCUT2D eigenvalue weighted by Crippen LogP contribution is 2.43. The molecule has 0 aromatic heterocycles. The van der Waals surface area contributed by atoms with Gasteiger partial charge in [-0.15, -0.1) is 13.2 Å². The van der Waals surface area contributed by atoms with Gasteiger partial charge in [0.05, 0.1) is 0 Å². The summed E-state index contributed by atoms with van der Waals surface area (Å²) in [5, 5.41) is 21.1. The summed E-state index contributed by atoms with van der Waals surface area (Å²) in [4.78, 5) is 0. The van der Waals surface area contributed by atoms with Crippen molar-refractivity contribution < 1.29 is 10.2 Å². The number of hydrogen-bond donors (Lipinski definition) is 2. The molecule has 3 rings (SSSR count). The Morgan fingerprint density at radius 2 is 1.17 bits per heavy atom.